The molecule has 3 aromatic rings. The first-order valence-corrected chi connectivity index (χ1v) is 12.5. The summed E-state index contributed by atoms with van der Waals surface area (Å²) in [4.78, 5) is 25.0. The molecule has 0 spiro atoms. The molecular formula is C28H23F3IN3O4. The number of amides is 2. The van der Waals surface area contributed by atoms with Crippen molar-refractivity contribution in [1.29, 1.82) is 5.26 Å². The second-order valence-electron chi connectivity index (χ2n) is 8.37. The van der Waals surface area contributed by atoms with Gasteiger partial charge >= 0.3 is 6.18 Å². The minimum atomic E-state index is -4.58. The lowest BCUT2D eigenvalue weighted by molar-refractivity contribution is -0.137. The van der Waals surface area contributed by atoms with E-state index < -0.39 is 17.6 Å². The summed E-state index contributed by atoms with van der Waals surface area (Å²) in [5.74, 6) is -0.715. The van der Waals surface area contributed by atoms with Crippen LogP contribution in [0, 0.1) is 28.7 Å². The van der Waals surface area contributed by atoms with Crippen LogP contribution in [0.1, 0.15) is 22.3 Å². The number of methoxy groups -OCH3 is 1. The molecular weight excluding hydrogens is 626 g/mol. The van der Waals surface area contributed by atoms with E-state index in [0.717, 1.165) is 29.3 Å². The third-order valence-corrected chi connectivity index (χ3v) is 6.32. The summed E-state index contributed by atoms with van der Waals surface area (Å²) in [6.07, 6.45) is -3.31. The number of hydrogen-bond donors (Lipinski definition) is 2. The lowest BCUT2D eigenvalue weighted by atomic mass is 10.1. The van der Waals surface area contributed by atoms with Crippen molar-refractivity contribution in [3.05, 3.63) is 86.0 Å². The van der Waals surface area contributed by atoms with E-state index >= 15 is 0 Å². The Balaban J connectivity index is 1.74. The molecule has 0 radical (unpaired) electrons. The van der Waals surface area contributed by atoms with Crippen LogP contribution in [0.25, 0.3) is 6.08 Å². The molecule has 7 nitrogen and oxygen atoms in total. The van der Waals surface area contributed by atoms with Crippen LogP contribution >= 0.6 is 22.6 Å². The third-order valence-electron chi connectivity index (χ3n) is 5.51. The topological polar surface area (TPSA) is 100 Å². The van der Waals surface area contributed by atoms with Crippen molar-refractivity contribution in [3.8, 4) is 17.6 Å². The molecule has 202 valence electrons. The summed E-state index contributed by atoms with van der Waals surface area (Å²) in [6, 6.07) is 14.5. The van der Waals surface area contributed by atoms with Gasteiger partial charge in [0.2, 0.25) is 0 Å². The zero-order chi connectivity index (χ0) is 28.7. The van der Waals surface area contributed by atoms with E-state index in [1.807, 2.05) is 48.6 Å². The van der Waals surface area contributed by atoms with E-state index in [1.54, 1.807) is 18.2 Å². The van der Waals surface area contributed by atoms with Crippen LogP contribution in [0.3, 0.4) is 0 Å². The van der Waals surface area contributed by atoms with Gasteiger partial charge in [-0.2, -0.15) is 18.4 Å². The van der Waals surface area contributed by atoms with Crippen molar-refractivity contribution < 1.29 is 32.2 Å². The van der Waals surface area contributed by atoms with Gasteiger partial charge in [0.1, 0.15) is 11.6 Å². The molecule has 3 aromatic carbocycles. The average Bonchev–Trinajstić information content (AvgIpc) is 2.88. The minimum absolute atomic E-state index is 0.106. The number of rotatable bonds is 8. The van der Waals surface area contributed by atoms with Crippen molar-refractivity contribution in [1.82, 2.24) is 0 Å². The predicted molar refractivity (Wildman–Crippen MR) is 149 cm³/mol. The lowest BCUT2D eigenvalue weighted by Gasteiger charge is -2.14. The quantitative estimate of drug-likeness (QED) is 0.165. The van der Waals surface area contributed by atoms with E-state index in [-0.39, 0.29) is 35.3 Å². The van der Waals surface area contributed by atoms with E-state index in [2.05, 4.69) is 10.6 Å². The smallest absolute Gasteiger partial charge is 0.416 e. The number of hydrogen-bond acceptors (Lipinski definition) is 5. The standard InChI is InChI=1S/C28H23F3IN3O4/c1-16-7-8-22(9-17(16)2)34-25(36)15-39-26-23(32)11-18(12-24(26)38-3)10-19(14-33)27(37)35-21-6-4-5-20(13-21)28(29,30)31/h4-13H,15H2,1-3H3,(H,34,36)(H,35,37)/b19-10+. The second-order valence-corrected chi connectivity index (χ2v) is 9.53. The fourth-order valence-corrected chi connectivity index (χ4v) is 4.19. The van der Waals surface area contributed by atoms with Gasteiger partial charge < -0.3 is 20.1 Å². The molecule has 0 saturated carbocycles. The number of benzene rings is 3. The number of carbonyl (C=O) groups is 2. The fraction of sp³-hybridized carbons (Fsp3) is 0.179. The highest BCUT2D eigenvalue weighted by atomic mass is 127. The molecule has 0 fully saturated rings. The molecule has 0 saturated heterocycles. The zero-order valence-corrected chi connectivity index (χ0v) is 23.2. The largest absolute Gasteiger partial charge is 0.493 e. The van der Waals surface area contributed by atoms with Gasteiger partial charge in [0.05, 0.1) is 16.2 Å². The normalized spacial score (nSPS) is 11.4. The summed E-state index contributed by atoms with van der Waals surface area (Å²) in [6.45, 7) is 3.62. The molecule has 0 bridgehead atoms. The number of ether oxygens (including phenoxy) is 2. The number of halogens is 4. The Kier molecular flexibility index (Phi) is 9.58. The number of nitriles is 1. The number of nitrogens with one attached hydrogen (secondary N) is 2. The van der Waals surface area contributed by atoms with Crippen LogP contribution in [0.2, 0.25) is 0 Å². The Bertz CT molecular complexity index is 1480. The molecule has 11 heteroatoms. The molecule has 0 aliphatic carbocycles. The fourth-order valence-electron chi connectivity index (χ4n) is 3.40. The number of nitrogens with zero attached hydrogens (tertiary/aromatic N) is 1. The van der Waals surface area contributed by atoms with Gasteiger partial charge in [0, 0.05) is 11.4 Å². The van der Waals surface area contributed by atoms with Crippen LogP contribution in [-0.4, -0.2) is 25.5 Å². The molecule has 0 unspecified atom stereocenters. The van der Waals surface area contributed by atoms with Crippen LogP contribution in [0.15, 0.2) is 60.2 Å². The molecule has 3 rings (SSSR count). The summed E-state index contributed by atoms with van der Waals surface area (Å²) < 4.78 is 50.5. The van der Waals surface area contributed by atoms with Gasteiger partial charge in [0.15, 0.2) is 18.1 Å². The van der Waals surface area contributed by atoms with Crippen LogP contribution < -0.4 is 20.1 Å². The third kappa shape index (κ3) is 7.97. The van der Waals surface area contributed by atoms with E-state index in [4.69, 9.17) is 9.47 Å². The van der Waals surface area contributed by atoms with Crippen molar-refractivity contribution in [2.75, 3.05) is 24.4 Å². The van der Waals surface area contributed by atoms with E-state index in [0.29, 0.717) is 14.8 Å². The highest BCUT2D eigenvalue weighted by molar-refractivity contribution is 14.1. The first kappa shape index (κ1) is 29.5. The van der Waals surface area contributed by atoms with Gasteiger partial charge in [-0.1, -0.05) is 12.1 Å². The Labute approximate surface area is 236 Å². The number of alkyl halides is 3. The Morgan fingerprint density at radius 3 is 2.38 bits per heavy atom. The molecule has 0 aliphatic rings. The minimum Gasteiger partial charge on any atom is -0.493 e. The van der Waals surface area contributed by atoms with Gasteiger partial charge in [-0.3, -0.25) is 9.59 Å². The van der Waals surface area contributed by atoms with Gasteiger partial charge in [-0.25, -0.2) is 0 Å². The SMILES string of the molecule is COc1cc(/C=C(\C#N)C(=O)Nc2cccc(C(F)(F)F)c2)cc(I)c1OCC(=O)Nc1ccc(C)c(C)c1. The maximum atomic E-state index is 13.0. The predicted octanol–water partition coefficient (Wildman–Crippen LogP) is 6.50. The summed E-state index contributed by atoms with van der Waals surface area (Å²) in [7, 11) is 1.40. The van der Waals surface area contributed by atoms with Crippen LogP contribution in [0.4, 0.5) is 24.5 Å². The van der Waals surface area contributed by atoms with Crippen LogP contribution in [-0.2, 0) is 15.8 Å². The second kappa shape index (κ2) is 12.7. The van der Waals surface area contributed by atoms with Gasteiger partial charge in [-0.05, 0) is 102 Å². The monoisotopic (exact) mass is 649 g/mol. The molecule has 0 heterocycles. The Morgan fingerprint density at radius 2 is 1.74 bits per heavy atom. The van der Waals surface area contributed by atoms with Gasteiger partial charge in [0.25, 0.3) is 11.8 Å². The highest BCUT2D eigenvalue weighted by Gasteiger charge is 2.30. The van der Waals surface area contributed by atoms with Crippen molar-refractivity contribution in [2.24, 2.45) is 0 Å². The Morgan fingerprint density at radius 1 is 1.03 bits per heavy atom. The molecule has 0 aromatic heterocycles. The van der Waals surface area contributed by atoms with Gasteiger partial charge in [-0.15, -0.1) is 0 Å². The zero-order valence-electron chi connectivity index (χ0n) is 21.1. The first-order valence-electron chi connectivity index (χ1n) is 11.4. The first-order chi connectivity index (χ1) is 18.4. The molecule has 2 N–H and O–H groups in total. The van der Waals surface area contributed by atoms with Crippen molar-refractivity contribution >= 4 is 51.9 Å². The summed E-state index contributed by atoms with van der Waals surface area (Å²) in [5.41, 5.74) is 1.80. The van der Waals surface area contributed by atoms with E-state index in [9.17, 15) is 28.0 Å². The molecule has 39 heavy (non-hydrogen) atoms. The number of carbonyl (C=O) groups excluding carboxylic acids is 2. The van der Waals surface area contributed by atoms with Crippen molar-refractivity contribution in [3.63, 3.8) is 0 Å². The van der Waals surface area contributed by atoms with E-state index in [1.165, 1.54) is 25.3 Å². The Hall–Kier alpha value is -4.05. The number of anilines is 2. The number of aryl methyl sites for hydroxylation is 2. The summed E-state index contributed by atoms with van der Waals surface area (Å²) in [5, 5.41) is 14.6. The molecule has 0 atom stereocenters. The molecule has 2 amide bonds. The molecule has 0 aliphatic heterocycles. The van der Waals surface area contributed by atoms with Crippen LogP contribution in [0.5, 0.6) is 11.5 Å². The maximum Gasteiger partial charge on any atom is 0.416 e. The maximum absolute atomic E-state index is 13.0. The average molecular weight is 649 g/mol. The van der Waals surface area contributed by atoms with Crippen molar-refractivity contribution in [2.45, 2.75) is 20.0 Å². The summed E-state index contributed by atoms with van der Waals surface area (Å²) >= 11 is 1.96. The highest BCUT2D eigenvalue weighted by Crippen LogP contribution is 2.35. The lowest BCUT2D eigenvalue weighted by Crippen LogP contribution is -2.20.